The average molecular weight is 598 g/mol. The summed E-state index contributed by atoms with van der Waals surface area (Å²) in [5.41, 5.74) is 2.73. The number of nitro benzene ring substituents is 1. The first-order valence-electron chi connectivity index (χ1n) is 15.1. The summed E-state index contributed by atoms with van der Waals surface area (Å²) in [6, 6.07) is 26.1. The Kier molecular flexibility index (Phi) is 6.73. The largest absolute Gasteiger partial charge is 0.352 e. The van der Waals surface area contributed by atoms with E-state index < -0.39 is 34.1 Å². The van der Waals surface area contributed by atoms with Gasteiger partial charge in [0.25, 0.3) is 5.69 Å². The fraction of sp³-hybridized carbons (Fsp3) is 0.216. The summed E-state index contributed by atoms with van der Waals surface area (Å²) in [5, 5.41) is 14.7. The van der Waals surface area contributed by atoms with E-state index in [9.17, 15) is 24.5 Å². The van der Waals surface area contributed by atoms with E-state index in [4.69, 9.17) is 0 Å². The molecule has 4 aromatic rings. The molecule has 1 saturated heterocycles. The van der Waals surface area contributed by atoms with Gasteiger partial charge in [-0.3, -0.25) is 24.5 Å². The number of hydrogen-bond acceptors (Lipinski definition) is 6. The van der Waals surface area contributed by atoms with Crippen LogP contribution in [-0.4, -0.2) is 34.5 Å². The SMILES string of the molecule is CC(C)Cc1ccc(C(=O)C2C(C(=O)c3cccc([N+](=O)[O-])c3)N3c4ccccc4C=CC3C23C(=O)Nc2ccccc23)cc1. The van der Waals surface area contributed by atoms with Crippen LogP contribution in [0.3, 0.4) is 0 Å². The summed E-state index contributed by atoms with van der Waals surface area (Å²) in [6.45, 7) is 4.26. The molecule has 1 fully saturated rings. The average Bonchev–Trinajstić information content (AvgIpc) is 3.52. The molecule has 4 unspecified atom stereocenters. The van der Waals surface area contributed by atoms with Crippen molar-refractivity contribution in [2.24, 2.45) is 11.8 Å². The Bertz CT molecular complexity index is 1910. The molecular formula is C37H31N3O5. The van der Waals surface area contributed by atoms with Gasteiger partial charge in [0.05, 0.1) is 16.9 Å². The van der Waals surface area contributed by atoms with E-state index in [1.165, 1.54) is 24.3 Å². The van der Waals surface area contributed by atoms with Crippen LogP contribution in [0.15, 0.2) is 103 Å². The van der Waals surface area contributed by atoms with Gasteiger partial charge in [-0.1, -0.05) is 98.8 Å². The molecule has 0 aromatic heterocycles. The molecule has 8 nitrogen and oxygen atoms in total. The molecule has 1 amide bonds. The zero-order valence-electron chi connectivity index (χ0n) is 24.8. The van der Waals surface area contributed by atoms with E-state index in [-0.39, 0.29) is 22.9 Å². The van der Waals surface area contributed by atoms with E-state index in [0.717, 1.165) is 17.5 Å². The topological polar surface area (TPSA) is 110 Å². The van der Waals surface area contributed by atoms with E-state index in [2.05, 4.69) is 19.2 Å². The first-order chi connectivity index (χ1) is 21.7. The van der Waals surface area contributed by atoms with Crippen LogP contribution in [0.5, 0.6) is 0 Å². The van der Waals surface area contributed by atoms with Crippen molar-refractivity contribution in [2.45, 2.75) is 37.8 Å². The molecule has 0 radical (unpaired) electrons. The highest BCUT2D eigenvalue weighted by atomic mass is 16.6. The molecule has 45 heavy (non-hydrogen) atoms. The van der Waals surface area contributed by atoms with Gasteiger partial charge in [0.1, 0.15) is 11.5 Å². The minimum atomic E-state index is -1.45. The Morgan fingerprint density at radius 1 is 0.911 bits per heavy atom. The number of non-ortho nitro benzene ring substituents is 1. The lowest BCUT2D eigenvalue weighted by Gasteiger charge is -2.37. The molecule has 224 valence electrons. The maximum atomic E-state index is 15.0. The second-order valence-electron chi connectivity index (χ2n) is 12.4. The summed E-state index contributed by atoms with van der Waals surface area (Å²) in [4.78, 5) is 57.3. The van der Waals surface area contributed by atoms with Crippen molar-refractivity contribution >= 4 is 40.6 Å². The van der Waals surface area contributed by atoms with Gasteiger partial charge < -0.3 is 10.2 Å². The quantitative estimate of drug-likeness (QED) is 0.145. The van der Waals surface area contributed by atoms with Gasteiger partial charge >= 0.3 is 0 Å². The number of carbonyl (C=O) groups is 3. The molecule has 1 N–H and O–H groups in total. The van der Waals surface area contributed by atoms with Crippen molar-refractivity contribution in [1.29, 1.82) is 0 Å². The summed E-state index contributed by atoms with van der Waals surface area (Å²) in [7, 11) is 0. The van der Waals surface area contributed by atoms with Gasteiger partial charge in [-0.05, 0) is 41.2 Å². The van der Waals surface area contributed by atoms with Crippen LogP contribution in [0.25, 0.3) is 6.08 Å². The Morgan fingerprint density at radius 3 is 2.40 bits per heavy atom. The van der Waals surface area contributed by atoms with Crippen molar-refractivity contribution in [3.05, 3.63) is 141 Å². The Morgan fingerprint density at radius 2 is 1.64 bits per heavy atom. The number of hydrogen-bond donors (Lipinski definition) is 1. The number of nitrogens with zero attached hydrogens (tertiary/aromatic N) is 2. The van der Waals surface area contributed by atoms with E-state index in [1.54, 1.807) is 12.1 Å². The molecule has 0 aliphatic carbocycles. The second kappa shape index (κ2) is 10.7. The van der Waals surface area contributed by atoms with Crippen molar-refractivity contribution in [1.82, 2.24) is 0 Å². The number of fused-ring (bicyclic) bond motifs is 6. The van der Waals surface area contributed by atoms with Crippen LogP contribution >= 0.6 is 0 Å². The third-order valence-corrected chi connectivity index (χ3v) is 9.32. The van der Waals surface area contributed by atoms with Gasteiger partial charge in [-0.2, -0.15) is 0 Å². The summed E-state index contributed by atoms with van der Waals surface area (Å²) < 4.78 is 0. The van der Waals surface area contributed by atoms with Crippen LogP contribution in [0.1, 0.15) is 51.3 Å². The monoisotopic (exact) mass is 597 g/mol. The third-order valence-electron chi connectivity index (χ3n) is 9.32. The lowest BCUT2D eigenvalue weighted by molar-refractivity contribution is -0.384. The van der Waals surface area contributed by atoms with Crippen LogP contribution in [0.4, 0.5) is 17.1 Å². The zero-order valence-corrected chi connectivity index (χ0v) is 24.8. The molecule has 3 heterocycles. The van der Waals surface area contributed by atoms with E-state index >= 15 is 0 Å². The fourth-order valence-corrected chi connectivity index (χ4v) is 7.52. The second-order valence-corrected chi connectivity index (χ2v) is 12.4. The van der Waals surface area contributed by atoms with E-state index in [1.807, 2.05) is 77.7 Å². The number of anilines is 2. The Labute approximate surface area is 260 Å². The molecule has 3 aliphatic rings. The number of nitrogens with one attached hydrogen (secondary N) is 1. The third kappa shape index (κ3) is 4.31. The molecule has 8 heteroatoms. The summed E-state index contributed by atoms with van der Waals surface area (Å²) in [5.74, 6) is -1.86. The van der Waals surface area contributed by atoms with Crippen molar-refractivity contribution in [3.8, 4) is 0 Å². The lowest BCUT2D eigenvalue weighted by Crippen LogP contribution is -2.51. The molecule has 4 atom stereocenters. The predicted octanol–water partition coefficient (Wildman–Crippen LogP) is 6.65. The van der Waals surface area contributed by atoms with Gasteiger partial charge in [0, 0.05) is 34.6 Å². The highest BCUT2D eigenvalue weighted by molar-refractivity contribution is 6.18. The van der Waals surface area contributed by atoms with Gasteiger partial charge in [-0.25, -0.2) is 0 Å². The predicted molar refractivity (Wildman–Crippen MR) is 173 cm³/mol. The van der Waals surface area contributed by atoms with Crippen LogP contribution in [0, 0.1) is 22.0 Å². The Hall–Kier alpha value is -5.37. The number of nitro groups is 1. The molecule has 0 bridgehead atoms. The van der Waals surface area contributed by atoms with Crippen molar-refractivity contribution < 1.29 is 19.3 Å². The summed E-state index contributed by atoms with van der Waals surface area (Å²) in [6.07, 6.45) is 4.70. The number of rotatable bonds is 7. The lowest BCUT2D eigenvalue weighted by atomic mass is 9.64. The molecule has 4 aromatic carbocycles. The first kappa shape index (κ1) is 28.4. The van der Waals surface area contributed by atoms with Crippen molar-refractivity contribution in [3.63, 3.8) is 0 Å². The van der Waals surface area contributed by atoms with Crippen LogP contribution in [0.2, 0.25) is 0 Å². The van der Waals surface area contributed by atoms with Gasteiger partial charge in [0.2, 0.25) is 5.91 Å². The number of para-hydroxylation sites is 2. The highest BCUT2D eigenvalue weighted by Gasteiger charge is 2.70. The molecule has 3 aliphatic heterocycles. The van der Waals surface area contributed by atoms with E-state index in [0.29, 0.717) is 28.4 Å². The number of ketones is 2. The first-order valence-corrected chi connectivity index (χ1v) is 15.1. The Balaban J connectivity index is 1.48. The maximum Gasteiger partial charge on any atom is 0.270 e. The van der Waals surface area contributed by atoms with Crippen molar-refractivity contribution in [2.75, 3.05) is 10.2 Å². The number of carbonyl (C=O) groups excluding carboxylic acids is 3. The molecule has 1 spiro atoms. The highest BCUT2D eigenvalue weighted by Crippen LogP contribution is 2.58. The number of Topliss-reactive ketones (excluding diaryl/α,β-unsaturated/α-hetero) is 2. The molecule has 7 rings (SSSR count). The molecule has 0 saturated carbocycles. The number of amides is 1. The minimum absolute atomic E-state index is 0.105. The fourth-order valence-electron chi connectivity index (χ4n) is 7.52. The van der Waals surface area contributed by atoms with Gasteiger partial charge in [0.15, 0.2) is 11.6 Å². The molecular weight excluding hydrogens is 566 g/mol. The summed E-state index contributed by atoms with van der Waals surface area (Å²) >= 11 is 0. The van der Waals surface area contributed by atoms with Gasteiger partial charge in [-0.15, -0.1) is 0 Å². The zero-order chi connectivity index (χ0) is 31.5. The minimum Gasteiger partial charge on any atom is -0.352 e. The smallest absolute Gasteiger partial charge is 0.270 e. The van der Waals surface area contributed by atoms with Crippen LogP contribution in [-0.2, 0) is 16.6 Å². The maximum absolute atomic E-state index is 15.0. The van der Waals surface area contributed by atoms with Crippen LogP contribution < -0.4 is 10.2 Å². The number of benzene rings is 4. The normalized spacial score (nSPS) is 22.6. The standard InChI is InChI=1S/C37H31N3O5/c1-22(2)20-23-14-16-25(17-15-23)34(41)32-33(35(42)26-9-7-10-27(21-26)40(44)45)39-30-13-6-3-8-24(30)18-19-31(39)37(32)28-11-4-5-12-29(28)38-36(37)43/h3-19,21-22,31-33H,20H2,1-2H3,(H,38,43).